The number of halogens is 2. The van der Waals surface area contributed by atoms with Crippen molar-refractivity contribution in [2.45, 2.75) is 24.1 Å². The summed E-state index contributed by atoms with van der Waals surface area (Å²) in [6.45, 7) is -1.82. The van der Waals surface area contributed by atoms with Crippen molar-refractivity contribution in [1.29, 1.82) is 0 Å². The number of imidazole rings is 1. The first kappa shape index (κ1) is 21.5. The van der Waals surface area contributed by atoms with Gasteiger partial charge in [0.25, 0.3) is 0 Å². The number of hydrogen-bond acceptors (Lipinski definition) is 5. The lowest BCUT2D eigenvalue weighted by molar-refractivity contribution is -0.0507. The molecule has 0 aliphatic carbocycles. The van der Waals surface area contributed by atoms with Crippen LogP contribution in [-0.2, 0) is 16.4 Å². The summed E-state index contributed by atoms with van der Waals surface area (Å²) in [7, 11) is -3.28. The smallest absolute Gasteiger partial charge is 0.387 e. The second-order valence-corrected chi connectivity index (χ2v) is 9.98. The number of rotatable bonds is 5. The van der Waals surface area contributed by atoms with Gasteiger partial charge in [0.15, 0.2) is 9.84 Å². The van der Waals surface area contributed by atoms with E-state index in [0.29, 0.717) is 18.7 Å². The van der Waals surface area contributed by atoms with Crippen LogP contribution in [0.5, 0.6) is 5.75 Å². The monoisotopic (exact) mass is 469 g/mol. The van der Waals surface area contributed by atoms with Crippen molar-refractivity contribution in [3.8, 4) is 16.9 Å². The lowest BCUT2D eigenvalue weighted by Crippen LogP contribution is -2.34. The van der Waals surface area contributed by atoms with Gasteiger partial charge in [-0.15, -0.1) is 0 Å². The summed E-state index contributed by atoms with van der Waals surface area (Å²) in [6.07, 6.45) is 1.18. The van der Waals surface area contributed by atoms with Gasteiger partial charge in [-0.05, 0) is 41.5 Å². The fourth-order valence-electron chi connectivity index (χ4n) is 4.31. The lowest BCUT2D eigenvalue weighted by Gasteiger charge is -2.28. The van der Waals surface area contributed by atoms with Crippen molar-refractivity contribution in [1.82, 2.24) is 14.9 Å². The molecule has 170 valence electrons. The summed E-state index contributed by atoms with van der Waals surface area (Å²) >= 11 is 0. The van der Waals surface area contributed by atoms with Gasteiger partial charge in [0.2, 0.25) is 0 Å². The molecule has 0 bridgehead atoms. The molecule has 2 heterocycles. The number of fused-ring (bicyclic) bond motifs is 3. The maximum Gasteiger partial charge on any atom is 0.387 e. The van der Waals surface area contributed by atoms with E-state index < -0.39 is 16.4 Å². The molecule has 33 heavy (non-hydrogen) atoms. The van der Waals surface area contributed by atoms with Crippen LogP contribution in [0.3, 0.4) is 0 Å². The van der Waals surface area contributed by atoms with Gasteiger partial charge in [0.1, 0.15) is 11.6 Å². The number of para-hydroxylation sites is 1. The second kappa shape index (κ2) is 8.24. The molecule has 0 radical (unpaired) electrons. The standard InChI is InChI=1S/C24H21F2N3O3S/c1-33(30,31)17-9-6-15(7-10-17)16-8-11-19-20(12-16)29-21(13-27-14-23(29)28-19)18-4-2-3-5-22(18)32-24(25)26/h2-12,21,24,27H,13-14H2,1H3. The number of benzene rings is 3. The minimum atomic E-state index is -3.28. The van der Waals surface area contributed by atoms with E-state index in [1.165, 1.54) is 6.26 Å². The van der Waals surface area contributed by atoms with Crippen molar-refractivity contribution in [2.75, 3.05) is 12.8 Å². The molecule has 0 saturated carbocycles. The molecular weight excluding hydrogens is 448 g/mol. The quantitative estimate of drug-likeness (QED) is 0.469. The molecule has 0 saturated heterocycles. The molecule has 4 aromatic rings. The van der Waals surface area contributed by atoms with Crippen LogP contribution < -0.4 is 10.1 Å². The van der Waals surface area contributed by atoms with Crippen LogP contribution >= 0.6 is 0 Å². The molecule has 1 atom stereocenters. The number of nitrogens with zero attached hydrogens (tertiary/aromatic N) is 2. The van der Waals surface area contributed by atoms with E-state index in [9.17, 15) is 17.2 Å². The minimum Gasteiger partial charge on any atom is -0.434 e. The zero-order chi connectivity index (χ0) is 23.2. The van der Waals surface area contributed by atoms with Crippen molar-refractivity contribution >= 4 is 20.9 Å². The molecule has 1 unspecified atom stereocenters. The highest BCUT2D eigenvalue weighted by Gasteiger charge is 2.27. The molecule has 3 aromatic carbocycles. The molecule has 1 N–H and O–H groups in total. The topological polar surface area (TPSA) is 73.2 Å². The Labute approximate surface area is 189 Å². The average molecular weight is 470 g/mol. The Hall–Kier alpha value is -3.30. The van der Waals surface area contributed by atoms with Crippen LogP contribution in [0, 0.1) is 0 Å². The highest BCUT2D eigenvalue weighted by Crippen LogP contribution is 2.35. The maximum absolute atomic E-state index is 13.0. The molecule has 1 aliphatic heterocycles. The van der Waals surface area contributed by atoms with E-state index in [0.717, 1.165) is 28.0 Å². The zero-order valence-electron chi connectivity index (χ0n) is 17.7. The Balaban J connectivity index is 1.61. The van der Waals surface area contributed by atoms with Crippen molar-refractivity contribution in [2.24, 2.45) is 0 Å². The summed E-state index contributed by atoms with van der Waals surface area (Å²) < 4.78 is 56.4. The largest absolute Gasteiger partial charge is 0.434 e. The molecule has 6 nitrogen and oxygen atoms in total. The number of sulfone groups is 1. The number of hydrogen-bond donors (Lipinski definition) is 1. The summed E-state index contributed by atoms with van der Waals surface area (Å²) in [5, 5.41) is 3.31. The molecule has 0 amide bonds. The van der Waals surface area contributed by atoms with E-state index >= 15 is 0 Å². The third-order valence-electron chi connectivity index (χ3n) is 5.80. The predicted molar refractivity (Wildman–Crippen MR) is 121 cm³/mol. The second-order valence-electron chi connectivity index (χ2n) is 7.96. The fraction of sp³-hybridized carbons (Fsp3) is 0.208. The van der Waals surface area contributed by atoms with Crippen molar-refractivity contribution in [3.05, 3.63) is 78.1 Å². The third-order valence-corrected chi connectivity index (χ3v) is 6.93. The first-order chi connectivity index (χ1) is 15.8. The van der Waals surface area contributed by atoms with Gasteiger partial charge in [-0.25, -0.2) is 13.4 Å². The van der Waals surface area contributed by atoms with Crippen LogP contribution in [0.15, 0.2) is 71.6 Å². The summed E-state index contributed by atoms with van der Waals surface area (Å²) in [5.41, 5.74) is 4.08. The first-order valence-electron chi connectivity index (χ1n) is 10.4. The molecule has 1 aromatic heterocycles. The van der Waals surface area contributed by atoms with Gasteiger partial charge in [-0.2, -0.15) is 8.78 Å². The summed E-state index contributed by atoms with van der Waals surface area (Å²) in [6, 6.07) is 19.1. The molecule has 1 aliphatic rings. The number of alkyl halides is 2. The predicted octanol–water partition coefficient (Wildman–Crippen LogP) is 4.40. The van der Waals surface area contributed by atoms with Gasteiger partial charge in [-0.3, -0.25) is 0 Å². The van der Waals surface area contributed by atoms with Gasteiger partial charge >= 0.3 is 6.61 Å². The SMILES string of the molecule is CS(=O)(=O)c1ccc(-c2ccc3nc4n(c3c2)C(c2ccccc2OC(F)F)CNC4)cc1. The Morgan fingerprint density at radius 1 is 1.06 bits per heavy atom. The van der Waals surface area contributed by atoms with Crippen LogP contribution in [0.2, 0.25) is 0 Å². The van der Waals surface area contributed by atoms with Crippen molar-refractivity contribution < 1.29 is 21.9 Å². The van der Waals surface area contributed by atoms with E-state index in [-0.39, 0.29) is 16.7 Å². The van der Waals surface area contributed by atoms with E-state index in [2.05, 4.69) is 9.88 Å². The van der Waals surface area contributed by atoms with Crippen LogP contribution in [0.25, 0.3) is 22.2 Å². The van der Waals surface area contributed by atoms with Crippen LogP contribution in [0.4, 0.5) is 8.78 Å². The van der Waals surface area contributed by atoms with Gasteiger partial charge in [0, 0.05) is 18.4 Å². The summed E-state index contributed by atoms with van der Waals surface area (Å²) in [4.78, 5) is 4.99. The molecule has 5 rings (SSSR count). The Morgan fingerprint density at radius 3 is 2.52 bits per heavy atom. The van der Waals surface area contributed by atoms with Crippen molar-refractivity contribution in [3.63, 3.8) is 0 Å². The fourth-order valence-corrected chi connectivity index (χ4v) is 4.94. The highest BCUT2D eigenvalue weighted by atomic mass is 32.2. The van der Waals surface area contributed by atoms with Gasteiger partial charge < -0.3 is 14.6 Å². The third kappa shape index (κ3) is 4.09. The minimum absolute atomic E-state index is 0.140. The number of aromatic nitrogens is 2. The van der Waals surface area contributed by atoms with Crippen LogP contribution in [-0.4, -0.2) is 37.4 Å². The number of ether oxygens (including phenoxy) is 1. The van der Waals surface area contributed by atoms with Crippen LogP contribution in [0.1, 0.15) is 17.4 Å². The Bertz CT molecular complexity index is 1430. The zero-order valence-corrected chi connectivity index (χ0v) is 18.5. The Kier molecular flexibility index (Phi) is 5.38. The average Bonchev–Trinajstić information content (AvgIpc) is 3.17. The maximum atomic E-state index is 13.0. The van der Waals surface area contributed by atoms with E-state index in [1.807, 2.05) is 18.2 Å². The van der Waals surface area contributed by atoms with E-state index in [1.54, 1.807) is 48.5 Å². The molecule has 9 heteroatoms. The normalized spacial score (nSPS) is 16.2. The van der Waals surface area contributed by atoms with Gasteiger partial charge in [0.05, 0.1) is 28.5 Å². The molecule has 0 spiro atoms. The first-order valence-corrected chi connectivity index (χ1v) is 12.3. The highest BCUT2D eigenvalue weighted by molar-refractivity contribution is 7.90. The molecular formula is C24H21F2N3O3S. The van der Waals surface area contributed by atoms with Gasteiger partial charge in [-0.1, -0.05) is 36.4 Å². The van der Waals surface area contributed by atoms with E-state index in [4.69, 9.17) is 9.72 Å². The molecule has 0 fully saturated rings. The summed E-state index contributed by atoms with van der Waals surface area (Å²) in [5.74, 6) is 0.944. The lowest BCUT2D eigenvalue weighted by atomic mass is 10.0. The number of nitrogens with one attached hydrogen (secondary N) is 1. The Morgan fingerprint density at radius 2 is 1.79 bits per heavy atom.